The molecule has 0 amide bonds. The van der Waals surface area contributed by atoms with Crippen LogP contribution in [0.4, 0.5) is 0 Å². The fourth-order valence-corrected chi connectivity index (χ4v) is 1.64. The summed E-state index contributed by atoms with van der Waals surface area (Å²) in [5.41, 5.74) is 0. The third-order valence-corrected chi connectivity index (χ3v) is 3.37. The fraction of sp³-hybridized carbons (Fsp3) is 0.500. The van der Waals surface area contributed by atoms with Gasteiger partial charge in [-0.05, 0) is 37.6 Å². The number of rotatable bonds is 9. The molecular formula is C16H24BrNO6. The zero-order chi connectivity index (χ0) is 18.4. The van der Waals surface area contributed by atoms with Gasteiger partial charge >= 0.3 is 11.9 Å². The predicted molar refractivity (Wildman–Crippen MR) is 93.5 cm³/mol. The molecule has 1 unspecified atom stereocenters. The van der Waals surface area contributed by atoms with Gasteiger partial charge in [0, 0.05) is 17.1 Å². The first-order chi connectivity index (χ1) is 11.4. The third kappa shape index (κ3) is 12.9. The van der Waals surface area contributed by atoms with Gasteiger partial charge in [0.05, 0.1) is 13.2 Å². The van der Waals surface area contributed by atoms with Crippen molar-refractivity contribution in [1.29, 1.82) is 0 Å². The standard InChI is InChI=1S/C14H22BrNO2.C2H2O4/c1-3-12(2)16-8-9-17-10-11-18-14-6-4-13(15)5-7-14;3-1(4)2(5)6/h4-7,12,16H,3,8-11H2,1-2H3;(H,3,4)(H,5,6). The molecule has 0 radical (unpaired) electrons. The molecule has 136 valence electrons. The summed E-state index contributed by atoms with van der Waals surface area (Å²) in [5, 5.41) is 18.2. The number of aliphatic carboxylic acids is 2. The van der Waals surface area contributed by atoms with E-state index in [4.69, 9.17) is 29.3 Å². The number of benzene rings is 1. The van der Waals surface area contributed by atoms with Gasteiger partial charge in [-0.15, -0.1) is 0 Å². The van der Waals surface area contributed by atoms with Crippen molar-refractivity contribution in [1.82, 2.24) is 5.32 Å². The van der Waals surface area contributed by atoms with Gasteiger partial charge in [0.1, 0.15) is 12.4 Å². The summed E-state index contributed by atoms with van der Waals surface area (Å²) in [6, 6.07) is 8.37. The van der Waals surface area contributed by atoms with Crippen molar-refractivity contribution in [3.8, 4) is 5.75 Å². The lowest BCUT2D eigenvalue weighted by molar-refractivity contribution is -0.159. The Bertz CT molecular complexity index is 468. The Kier molecular flexibility index (Phi) is 12.8. The van der Waals surface area contributed by atoms with Gasteiger partial charge in [-0.2, -0.15) is 0 Å². The minimum atomic E-state index is -1.82. The molecule has 1 aromatic carbocycles. The molecule has 0 fully saturated rings. The van der Waals surface area contributed by atoms with E-state index in [1.54, 1.807) is 0 Å². The average molecular weight is 406 g/mol. The molecule has 7 nitrogen and oxygen atoms in total. The van der Waals surface area contributed by atoms with Crippen LogP contribution in [-0.2, 0) is 14.3 Å². The topological polar surface area (TPSA) is 105 Å². The Labute approximate surface area is 150 Å². The van der Waals surface area contributed by atoms with Crippen molar-refractivity contribution in [2.75, 3.05) is 26.4 Å². The molecule has 0 saturated heterocycles. The van der Waals surface area contributed by atoms with E-state index in [2.05, 4.69) is 35.1 Å². The molecule has 24 heavy (non-hydrogen) atoms. The first-order valence-corrected chi connectivity index (χ1v) is 8.31. The van der Waals surface area contributed by atoms with Gasteiger partial charge in [-0.1, -0.05) is 22.9 Å². The molecule has 0 aliphatic rings. The minimum absolute atomic E-state index is 0.563. The number of hydrogen-bond donors (Lipinski definition) is 3. The van der Waals surface area contributed by atoms with Gasteiger partial charge in [0.2, 0.25) is 0 Å². The van der Waals surface area contributed by atoms with Crippen molar-refractivity contribution >= 4 is 27.9 Å². The summed E-state index contributed by atoms with van der Waals surface area (Å²) >= 11 is 3.39. The number of ether oxygens (including phenoxy) is 2. The lowest BCUT2D eigenvalue weighted by atomic mass is 10.3. The van der Waals surface area contributed by atoms with Crippen LogP contribution in [0.2, 0.25) is 0 Å². The van der Waals surface area contributed by atoms with E-state index in [1.165, 1.54) is 0 Å². The van der Waals surface area contributed by atoms with Gasteiger partial charge in [0.15, 0.2) is 0 Å². The van der Waals surface area contributed by atoms with E-state index in [9.17, 15) is 0 Å². The lowest BCUT2D eigenvalue weighted by Crippen LogP contribution is -2.29. The van der Waals surface area contributed by atoms with Crippen LogP contribution in [-0.4, -0.2) is 54.6 Å². The monoisotopic (exact) mass is 405 g/mol. The summed E-state index contributed by atoms with van der Waals surface area (Å²) in [7, 11) is 0. The number of carboxylic acids is 2. The van der Waals surface area contributed by atoms with Crippen LogP contribution in [0.25, 0.3) is 0 Å². The van der Waals surface area contributed by atoms with Crippen LogP contribution in [0, 0.1) is 0 Å². The third-order valence-electron chi connectivity index (χ3n) is 2.84. The second-order valence-electron chi connectivity index (χ2n) is 4.79. The van der Waals surface area contributed by atoms with E-state index in [-0.39, 0.29) is 0 Å². The number of hydrogen-bond acceptors (Lipinski definition) is 5. The SMILES string of the molecule is CCC(C)NCCOCCOc1ccc(Br)cc1.O=C(O)C(=O)O. The maximum absolute atomic E-state index is 9.10. The summed E-state index contributed by atoms with van der Waals surface area (Å²) in [5.74, 6) is -2.77. The van der Waals surface area contributed by atoms with Crippen LogP contribution in [0.3, 0.4) is 0 Å². The number of nitrogens with one attached hydrogen (secondary N) is 1. The van der Waals surface area contributed by atoms with E-state index in [1.807, 2.05) is 24.3 Å². The summed E-state index contributed by atoms with van der Waals surface area (Å²) < 4.78 is 12.1. The first kappa shape index (κ1) is 22.4. The van der Waals surface area contributed by atoms with Crippen LogP contribution in [0.5, 0.6) is 5.75 Å². The molecule has 0 saturated carbocycles. The highest BCUT2D eigenvalue weighted by Crippen LogP contribution is 2.15. The van der Waals surface area contributed by atoms with Gasteiger partial charge in [-0.25, -0.2) is 9.59 Å². The molecule has 1 atom stereocenters. The van der Waals surface area contributed by atoms with E-state index >= 15 is 0 Å². The maximum atomic E-state index is 9.10. The van der Waals surface area contributed by atoms with E-state index in [0.29, 0.717) is 19.3 Å². The van der Waals surface area contributed by atoms with Crippen molar-refractivity contribution in [2.24, 2.45) is 0 Å². The van der Waals surface area contributed by atoms with Gasteiger partial charge in [-0.3, -0.25) is 0 Å². The zero-order valence-electron chi connectivity index (χ0n) is 13.8. The second-order valence-corrected chi connectivity index (χ2v) is 5.70. The Hall–Kier alpha value is -1.64. The summed E-state index contributed by atoms with van der Waals surface area (Å²) in [6.07, 6.45) is 1.15. The Morgan fingerprint density at radius 2 is 1.71 bits per heavy atom. The number of carbonyl (C=O) groups is 2. The minimum Gasteiger partial charge on any atom is -0.491 e. The van der Waals surface area contributed by atoms with Gasteiger partial charge < -0.3 is 25.0 Å². The Morgan fingerprint density at radius 3 is 2.21 bits per heavy atom. The van der Waals surface area contributed by atoms with Gasteiger partial charge in [0.25, 0.3) is 0 Å². The number of halogens is 1. The van der Waals surface area contributed by atoms with Crippen LogP contribution in [0.1, 0.15) is 20.3 Å². The highest BCUT2D eigenvalue weighted by Gasteiger charge is 2.04. The molecule has 0 aliphatic carbocycles. The van der Waals surface area contributed by atoms with Crippen molar-refractivity contribution in [3.05, 3.63) is 28.7 Å². The smallest absolute Gasteiger partial charge is 0.414 e. The molecule has 1 rings (SSSR count). The van der Waals surface area contributed by atoms with Crippen LogP contribution < -0.4 is 10.1 Å². The second kappa shape index (κ2) is 13.8. The molecule has 0 heterocycles. The lowest BCUT2D eigenvalue weighted by Gasteiger charge is -2.11. The first-order valence-electron chi connectivity index (χ1n) is 7.52. The molecule has 1 aromatic rings. The molecule has 0 aromatic heterocycles. The average Bonchev–Trinajstić information content (AvgIpc) is 2.55. The summed E-state index contributed by atoms with van der Waals surface area (Å²) in [4.78, 5) is 18.2. The number of carboxylic acid groups (broad SMARTS) is 2. The van der Waals surface area contributed by atoms with Crippen molar-refractivity contribution in [2.45, 2.75) is 26.3 Å². The normalized spacial score (nSPS) is 11.1. The maximum Gasteiger partial charge on any atom is 0.414 e. The molecule has 3 N–H and O–H groups in total. The van der Waals surface area contributed by atoms with Crippen molar-refractivity contribution < 1.29 is 29.3 Å². The molecule has 8 heteroatoms. The summed E-state index contributed by atoms with van der Waals surface area (Å²) in [6.45, 7) is 7.19. The Balaban J connectivity index is 0.000000754. The predicted octanol–water partition coefficient (Wildman–Crippen LogP) is 2.39. The largest absolute Gasteiger partial charge is 0.491 e. The molecule has 0 aliphatic heterocycles. The van der Waals surface area contributed by atoms with E-state index < -0.39 is 11.9 Å². The van der Waals surface area contributed by atoms with E-state index in [0.717, 1.165) is 29.8 Å². The molecular weight excluding hydrogens is 382 g/mol. The molecule has 0 bridgehead atoms. The van der Waals surface area contributed by atoms with Crippen LogP contribution in [0.15, 0.2) is 28.7 Å². The fourth-order valence-electron chi connectivity index (χ4n) is 1.37. The molecule has 0 spiro atoms. The quantitative estimate of drug-likeness (QED) is 0.427. The van der Waals surface area contributed by atoms with Crippen molar-refractivity contribution in [3.63, 3.8) is 0 Å². The highest BCUT2D eigenvalue weighted by atomic mass is 79.9. The highest BCUT2D eigenvalue weighted by molar-refractivity contribution is 9.10. The Morgan fingerprint density at radius 1 is 1.12 bits per heavy atom. The zero-order valence-corrected chi connectivity index (χ0v) is 15.4. The van der Waals surface area contributed by atoms with Crippen LogP contribution >= 0.6 is 15.9 Å².